The number of Topliss-reactive ketones (excluding diaryl/α,β-unsaturated/α-hetero) is 10. The number of carboxylic acid groups (broad SMARTS) is 1. The number of aliphatic carboxylic acids is 1. The number of amides is 7. The van der Waals surface area contributed by atoms with Gasteiger partial charge in [0, 0.05) is 82.3 Å². The van der Waals surface area contributed by atoms with Crippen LogP contribution >= 0.6 is 101 Å². The fraction of sp³-hybridized carbons (Fsp3) is 0.346. The molecule has 8 aliphatic rings. The van der Waals surface area contributed by atoms with E-state index >= 15 is 0 Å². The first-order valence-electron chi connectivity index (χ1n) is 34.9. The van der Waals surface area contributed by atoms with Crippen molar-refractivity contribution in [3.05, 3.63) is 177 Å². The van der Waals surface area contributed by atoms with Gasteiger partial charge in [-0.1, -0.05) is 78.9 Å². The van der Waals surface area contributed by atoms with Crippen LogP contribution in [-0.4, -0.2) is 161 Å². The molecule has 5 aliphatic carbocycles. The average molecular weight is 1980 g/mol. The number of ether oxygens (including phenoxy) is 2. The maximum absolute atomic E-state index is 12.4. The summed E-state index contributed by atoms with van der Waals surface area (Å²) in [6.07, 6.45) is 2.80. The van der Waals surface area contributed by atoms with Gasteiger partial charge in [-0.15, -0.1) is 34.0 Å². The van der Waals surface area contributed by atoms with Crippen LogP contribution in [0.5, 0.6) is 0 Å². The van der Waals surface area contributed by atoms with Crippen molar-refractivity contribution in [3.8, 4) is 0 Å². The van der Waals surface area contributed by atoms with Crippen molar-refractivity contribution >= 4 is 236 Å². The summed E-state index contributed by atoms with van der Waals surface area (Å²) in [5, 5.41) is 22.1. The van der Waals surface area contributed by atoms with Gasteiger partial charge in [0.25, 0.3) is 41.1 Å². The Morgan fingerprint density at radius 3 is 1.23 bits per heavy atom. The van der Waals surface area contributed by atoms with Gasteiger partial charge < -0.3 is 50.7 Å². The minimum Gasteiger partial charge on any atom is -0.481 e. The average Bonchev–Trinajstić information content (AvgIpc) is 1.60. The number of nitrogen functional groups attached to an aromatic ring is 2. The second-order valence-corrected chi connectivity index (χ2v) is 26.5. The molecule has 5 aromatic carbocycles. The van der Waals surface area contributed by atoms with Crippen LogP contribution in [0.3, 0.4) is 0 Å². The third-order valence-corrected chi connectivity index (χ3v) is 18.4. The summed E-state index contributed by atoms with van der Waals surface area (Å²) in [5.74, 6) is -9.00. The Hall–Kier alpha value is -9.61. The molecule has 42 heteroatoms. The summed E-state index contributed by atoms with van der Waals surface area (Å²) in [6, 6.07) is 29.1. The first kappa shape index (κ1) is 115. The molecule has 0 aromatic heterocycles. The van der Waals surface area contributed by atoms with E-state index in [2.05, 4.69) is 5.32 Å². The Morgan fingerprint density at radius 1 is 0.475 bits per heavy atom. The SMILES string of the molecule is Br.Br.NC(=O)CC[C@H](CC(=O)OCc1ccccc1)C(=O)O.N[C@H]1CCC(=O)CC1=O.N[C@H]1CCC(=O)CC1=O.Nc1cccc2c1C(=O)N([C@H]1CCC(=O)CC1=O)C2=O.Nc1cccc2c1C(=O)NC2=O.O=C1CC[C@H](CC(=O)OCc2ccccc2)C(=O)C1.O=C1CC[C@H](N2C(=O)c3cccc([N+](=O)[O-])c3C2=O)C(=O)C1.S.S.S.S.S.[CH3-].[Pd]. The van der Waals surface area contributed by atoms with E-state index in [1.807, 2.05) is 48.5 Å². The zero-order valence-corrected chi connectivity index (χ0v) is 74.4. The molecule has 13 rings (SSSR count). The molecular weight excluding hydrogens is 1890 g/mol. The predicted molar refractivity (Wildman–Crippen MR) is 464 cm³/mol. The van der Waals surface area contributed by atoms with Crippen molar-refractivity contribution in [1.82, 2.24) is 15.1 Å². The van der Waals surface area contributed by atoms with Gasteiger partial charge in [0.2, 0.25) is 5.91 Å². The number of anilines is 2. The number of halogens is 2. The molecule has 0 radical (unpaired) electrons. The van der Waals surface area contributed by atoms with Crippen LogP contribution in [0.15, 0.2) is 115 Å². The zero-order valence-electron chi connectivity index (χ0n) is 64.4. The largest absolute Gasteiger partial charge is 0.481 e. The number of rotatable bonds is 15. The van der Waals surface area contributed by atoms with E-state index in [0.29, 0.717) is 55.3 Å². The van der Waals surface area contributed by atoms with Gasteiger partial charge in [0.05, 0.1) is 108 Å². The van der Waals surface area contributed by atoms with Crippen molar-refractivity contribution in [2.24, 2.45) is 29.0 Å². The maximum atomic E-state index is 12.4. The number of hydrogen-bond donors (Lipinski definition) is 7. The minimum atomic E-state index is -1.14. The van der Waals surface area contributed by atoms with Gasteiger partial charge in [0.15, 0.2) is 23.1 Å². The molecule has 3 heterocycles. The minimum absolute atomic E-state index is 0. The standard InChI is InChI=1S/C15H16O4.C14H10N2O6.C14H12N2O4.C14H17NO5.C8H6N2O2.2C6H9NO2.CH3.2BrH.Pd.5H2S/c16-13-7-6-12(14(17)9-13)8-15(18)19-10-11-4-2-1-3-5-11;17-7-4-5-9(11(18)6-7)15-13(19)8-2-1-3-10(16(21)22)12(8)14(15)20;15-9-3-1-2-8-12(9)14(20)16(13(8)19)10-5-4-7(17)6-11(10)18;15-12(16)7-6-11(14(18)19)8-13(17)20-9-10-4-2-1-3-5-10;9-5-3-1-2-4-6(5)8(12)10-7(4)11;2*7-5-2-1-4(8)3-6(5)9;;;;;;;;;/h1-5,12H,6-10H2;1-3,9H,4-6H2;1-3,10H,4-6,15H2;1-5,11H,6-9H2,(H2,15,16)(H,18,19);1-3H,9H2,(H,10,11,12);2*5H,1-3,7H2;1H3;2*1H;;5*1H2/q;;;;;;;-1;;;;;;;;/t12-;9-;10-;11-;;2*5-;;;;;;;;;/m1001.00........./s1. The van der Waals surface area contributed by atoms with E-state index in [1.165, 1.54) is 18.2 Å². The third-order valence-electron chi connectivity index (χ3n) is 18.4. The molecule has 120 heavy (non-hydrogen) atoms. The number of nitrogens with two attached hydrogens (primary N) is 5. The number of carbonyl (C=O) groups is 20. The van der Waals surface area contributed by atoms with E-state index in [9.17, 15) is 106 Å². The van der Waals surface area contributed by atoms with Crippen molar-refractivity contribution in [2.75, 3.05) is 11.5 Å². The summed E-state index contributed by atoms with van der Waals surface area (Å²) in [5.41, 5.74) is 29.4. The fourth-order valence-corrected chi connectivity index (χ4v) is 12.4. The van der Waals surface area contributed by atoms with Gasteiger partial charge in [-0.05, 0) is 80.0 Å². The predicted octanol–water partition coefficient (Wildman–Crippen LogP) is 6.17. The Balaban J connectivity index is -0.00000134. The summed E-state index contributed by atoms with van der Waals surface area (Å²) < 4.78 is 10.1. The quantitative estimate of drug-likeness (QED) is 0.00899. The van der Waals surface area contributed by atoms with E-state index in [1.54, 1.807) is 42.5 Å². The molecular formula is C78H94Br2N9O25PdS5-. The van der Waals surface area contributed by atoms with Crippen molar-refractivity contribution < 1.29 is 136 Å². The van der Waals surface area contributed by atoms with Gasteiger partial charge in [-0.3, -0.25) is 121 Å². The van der Waals surface area contributed by atoms with Crippen molar-refractivity contribution in [1.29, 1.82) is 0 Å². The van der Waals surface area contributed by atoms with Crippen molar-refractivity contribution in [3.63, 3.8) is 0 Å². The molecule has 6 atom stereocenters. The molecule has 7 amide bonds. The van der Waals surface area contributed by atoms with Crippen LogP contribution in [0.2, 0.25) is 0 Å². The number of fused-ring (bicyclic) bond motifs is 3. The number of nitrogens with one attached hydrogen (secondary N) is 1. The Labute approximate surface area is 758 Å². The van der Waals surface area contributed by atoms with Crippen molar-refractivity contribution in [2.45, 2.75) is 159 Å². The van der Waals surface area contributed by atoms with Crippen LogP contribution in [-0.2, 0) is 110 Å². The van der Waals surface area contributed by atoms with Crippen LogP contribution in [0.4, 0.5) is 17.1 Å². The van der Waals surface area contributed by atoms with Crippen LogP contribution in [0.1, 0.15) is 195 Å². The molecule has 3 aliphatic heterocycles. The summed E-state index contributed by atoms with van der Waals surface area (Å²) in [4.78, 5) is 240. The number of ketones is 10. The summed E-state index contributed by atoms with van der Waals surface area (Å²) in [7, 11) is 0. The number of carboxylic acids is 1. The van der Waals surface area contributed by atoms with E-state index in [0.717, 1.165) is 27.0 Å². The van der Waals surface area contributed by atoms with Gasteiger partial charge in [-0.2, -0.15) is 67.5 Å². The van der Waals surface area contributed by atoms with E-state index in [-0.39, 0.29) is 336 Å². The van der Waals surface area contributed by atoms with Crippen LogP contribution in [0.25, 0.3) is 0 Å². The van der Waals surface area contributed by atoms with Crippen LogP contribution in [0, 0.1) is 29.4 Å². The number of carbonyl (C=O) groups excluding carboxylic acids is 19. The second-order valence-electron chi connectivity index (χ2n) is 26.5. The molecule has 0 spiro atoms. The number of nitro groups is 1. The first-order valence-corrected chi connectivity index (χ1v) is 34.9. The summed E-state index contributed by atoms with van der Waals surface area (Å²) >= 11 is 0. The van der Waals surface area contributed by atoms with Gasteiger partial charge in [0.1, 0.15) is 53.5 Å². The Bertz CT molecular complexity index is 4610. The Morgan fingerprint density at radius 2 is 0.850 bits per heavy atom. The maximum Gasteiger partial charge on any atom is 0.307 e. The van der Waals surface area contributed by atoms with E-state index < -0.39 is 81.8 Å². The third kappa shape index (κ3) is 32.4. The second kappa shape index (κ2) is 54.6. The molecule has 0 bridgehead atoms. The number of imide groups is 3. The molecule has 0 saturated heterocycles. The normalized spacial score (nSPS) is 18.4. The van der Waals surface area contributed by atoms with Gasteiger partial charge >= 0.3 is 17.9 Å². The molecule has 656 valence electrons. The zero-order chi connectivity index (χ0) is 81.5. The molecule has 5 saturated carbocycles. The molecule has 12 N–H and O–H groups in total. The number of nitro benzene ring substituents is 1. The number of benzene rings is 5. The topological polar surface area (TPSA) is 572 Å². The molecule has 5 fully saturated rings. The fourth-order valence-electron chi connectivity index (χ4n) is 12.4. The van der Waals surface area contributed by atoms with Crippen LogP contribution < -0.4 is 34.0 Å². The molecule has 5 aromatic rings. The monoisotopic (exact) mass is 1980 g/mol. The number of hydrogen-bond acceptors (Lipinski definition) is 28. The number of esters is 2. The summed E-state index contributed by atoms with van der Waals surface area (Å²) in [6.45, 7) is 0.321. The molecule has 0 unspecified atom stereocenters. The smallest absolute Gasteiger partial charge is 0.307 e. The number of nitrogens with zero attached hydrogens (tertiary/aromatic N) is 3. The first-order chi connectivity index (χ1) is 52.6. The van der Waals surface area contributed by atoms with Gasteiger partial charge in [-0.25, -0.2) is 0 Å². The number of primary amides is 1. The van der Waals surface area contributed by atoms with E-state index in [4.69, 9.17) is 43.2 Å². The molecule has 34 nitrogen and oxygen atoms in total. The Kier molecular flexibility index (Phi) is 52.1.